The minimum atomic E-state index is 0. The molecule has 0 aromatic heterocycles. The fourth-order valence-corrected chi connectivity index (χ4v) is 1.02. The molecule has 0 saturated carbocycles. The van der Waals surface area contributed by atoms with Crippen LogP contribution in [0.2, 0.25) is 0 Å². The van der Waals surface area contributed by atoms with Gasteiger partial charge in [0, 0.05) is 6.54 Å². The van der Waals surface area contributed by atoms with Gasteiger partial charge in [0.1, 0.15) is 0 Å². The highest BCUT2D eigenvalue weighted by atomic mass is 127. The first-order valence-corrected chi connectivity index (χ1v) is 4.72. The van der Waals surface area contributed by atoms with Crippen molar-refractivity contribution in [3.05, 3.63) is 0 Å². The summed E-state index contributed by atoms with van der Waals surface area (Å²) >= 11 is 1.61. The summed E-state index contributed by atoms with van der Waals surface area (Å²) in [5.41, 5.74) is 5.54. The summed E-state index contributed by atoms with van der Waals surface area (Å²) in [5, 5.41) is 0.732. The maximum Gasteiger partial charge on any atom is 0.153 e. The SMILES string of the molecule is CCCCN=C(N)SCC.I. The highest BCUT2D eigenvalue weighted by molar-refractivity contribution is 14.0. The summed E-state index contributed by atoms with van der Waals surface area (Å²) in [4.78, 5) is 4.16. The van der Waals surface area contributed by atoms with Gasteiger partial charge in [-0.25, -0.2) is 0 Å². The largest absolute Gasteiger partial charge is 0.379 e. The Morgan fingerprint density at radius 1 is 1.45 bits per heavy atom. The van der Waals surface area contributed by atoms with Crippen LogP contribution in [0.25, 0.3) is 0 Å². The minimum Gasteiger partial charge on any atom is -0.379 e. The summed E-state index contributed by atoms with van der Waals surface area (Å²) in [6, 6.07) is 0. The molecule has 0 saturated heterocycles. The molecule has 0 heterocycles. The second-order valence-corrected chi connectivity index (χ2v) is 3.29. The van der Waals surface area contributed by atoms with E-state index < -0.39 is 0 Å². The summed E-state index contributed by atoms with van der Waals surface area (Å²) in [6.07, 6.45) is 2.33. The Kier molecular flexibility index (Phi) is 13.5. The van der Waals surface area contributed by atoms with Crippen LogP contribution in [0, 0.1) is 0 Å². The van der Waals surface area contributed by atoms with Gasteiger partial charge >= 0.3 is 0 Å². The number of hydrogen-bond donors (Lipinski definition) is 1. The van der Waals surface area contributed by atoms with E-state index in [0.29, 0.717) is 0 Å². The van der Waals surface area contributed by atoms with Gasteiger partial charge in [-0.2, -0.15) is 0 Å². The molecule has 0 unspecified atom stereocenters. The maximum atomic E-state index is 5.54. The van der Waals surface area contributed by atoms with E-state index >= 15 is 0 Å². The van der Waals surface area contributed by atoms with E-state index in [4.69, 9.17) is 5.73 Å². The van der Waals surface area contributed by atoms with Gasteiger partial charge in [-0.1, -0.05) is 32.0 Å². The predicted octanol–water partition coefficient (Wildman–Crippen LogP) is 2.47. The molecule has 0 aliphatic rings. The molecule has 0 atom stereocenters. The van der Waals surface area contributed by atoms with E-state index in [-0.39, 0.29) is 24.0 Å². The molecule has 0 amide bonds. The zero-order valence-corrected chi connectivity index (χ0v) is 10.3. The first-order chi connectivity index (χ1) is 4.81. The van der Waals surface area contributed by atoms with Crippen molar-refractivity contribution in [2.24, 2.45) is 10.7 Å². The standard InChI is InChI=1S/C7H16N2S.HI/c1-3-5-6-9-7(8)10-4-2;/h3-6H2,1-2H3,(H2,8,9);1H. The van der Waals surface area contributed by atoms with Crippen molar-refractivity contribution >= 4 is 40.9 Å². The minimum absolute atomic E-state index is 0. The molecule has 0 aliphatic carbocycles. The van der Waals surface area contributed by atoms with Crippen molar-refractivity contribution in [1.29, 1.82) is 0 Å². The summed E-state index contributed by atoms with van der Waals surface area (Å²) in [5.74, 6) is 1.02. The summed E-state index contributed by atoms with van der Waals surface area (Å²) < 4.78 is 0. The van der Waals surface area contributed by atoms with Crippen molar-refractivity contribution in [2.45, 2.75) is 26.7 Å². The Morgan fingerprint density at radius 3 is 2.55 bits per heavy atom. The number of unbranched alkanes of at least 4 members (excludes halogenated alkanes) is 1. The number of thioether (sulfide) groups is 1. The van der Waals surface area contributed by atoms with Crippen molar-refractivity contribution in [3.8, 4) is 0 Å². The Bertz CT molecular complexity index is 107. The van der Waals surface area contributed by atoms with Crippen LogP contribution in [0.4, 0.5) is 0 Å². The van der Waals surface area contributed by atoms with Crippen LogP contribution in [0.1, 0.15) is 26.7 Å². The van der Waals surface area contributed by atoms with Gasteiger partial charge < -0.3 is 5.73 Å². The van der Waals surface area contributed by atoms with E-state index in [9.17, 15) is 0 Å². The molecule has 2 nitrogen and oxygen atoms in total. The Labute approximate surface area is 90.4 Å². The molecule has 0 spiro atoms. The number of aliphatic imine (C=N–C) groups is 1. The quantitative estimate of drug-likeness (QED) is 0.373. The van der Waals surface area contributed by atoms with Gasteiger partial charge in [0.05, 0.1) is 0 Å². The molecule has 0 aromatic carbocycles. The van der Waals surface area contributed by atoms with Crippen LogP contribution >= 0.6 is 35.7 Å². The van der Waals surface area contributed by atoms with Crippen molar-refractivity contribution in [1.82, 2.24) is 0 Å². The van der Waals surface area contributed by atoms with Crippen LogP contribution in [-0.4, -0.2) is 17.5 Å². The Hall–Kier alpha value is 0.550. The lowest BCUT2D eigenvalue weighted by atomic mass is 10.3. The van der Waals surface area contributed by atoms with Gasteiger partial charge in [-0.3, -0.25) is 4.99 Å². The monoisotopic (exact) mass is 288 g/mol. The van der Waals surface area contributed by atoms with Crippen LogP contribution in [0.5, 0.6) is 0 Å². The highest BCUT2D eigenvalue weighted by Gasteiger charge is 1.87. The smallest absolute Gasteiger partial charge is 0.153 e. The topological polar surface area (TPSA) is 38.4 Å². The van der Waals surface area contributed by atoms with Crippen molar-refractivity contribution < 1.29 is 0 Å². The Balaban J connectivity index is 0. The highest BCUT2D eigenvalue weighted by Crippen LogP contribution is 1.98. The second-order valence-electron chi connectivity index (χ2n) is 2.01. The van der Waals surface area contributed by atoms with Crippen LogP contribution in [0.3, 0.4) is 0 Å². The van der Waals surface area contributed by atoms with Gasteiger partial charge in [0.15, 0.2) is 5.17 Å². The van der Waals surface area contributed by atoms with E-state index in [1.807, 2.05) is 0 Å². The fraction of sp³-hybridized carbons (Fsp3) is 0.857. The third-order valence-electron chi connectivity index (χ3n) is 1.07. The maximum absolute atomic E-state index is 5.54. The molecule has 68 valence electrons. The number of amidine groups is 1. The average molecular weight is 288 g/mol. The van der Waals surface area contributed by atoms with Crippen LogP contribution in [0.15, 0.2) is 4.99 Å². The number of nitrogens with zero attached hydrogens (tertiary/aromatic N) is 1. The first kappa shape index (κ1) is 14.1. The molecule has 0 aromatic rings. The molecule has 0 aliphatic heterocycles. The fourth-order valence-electron chi connectivity index (χ4n) is 0.541. The third-order valence-corrected chi connectivity index (χ3v) is 1.79. The number of hydrogen-bond acceptors (Lipinski definition) is 2. The molecule has 11 heavy (non-hydrogen) atoms. The molecule has 0 radical (unpaired) electrons. The zero-order chi connectivity index (χ0) is 7.82. The molecule has 0 bridgehead atoms. The molecule has 0 fully saturated rings. The van der Waals surface area contributed by atoms with E-state index in [0.717, 1.165) is 23.9 Å². The summed E-state index contributed by atoms with van der Waals surface area (Å²) in [6.45, 7) is 5.11. The predicted molar refractivity (Wildman–Crippen MR) is 64.9 cm³/mol. The third kappa shape index (κ3) is 10.6. The molecular weight excluding hydrogens is 271 g/mol. The van der Waals surface area contributed by atoms with Crippen LogP contribution < -0.4 is 5.73 Å². The van der Waals surface area contributed by atoms with Gasteiger partial charge in [-0.05, 0) is 12.2 Å². The van der Waals surface area contributed by atoms with Crippen LogP contribution in [-0.2, 0) is 0 Å². The lowest BCUT2D eigenvalue weighted by Crippen LogP contribution is -2.07. The molecule has 2 N–H and O–H groups in total. The lowest BCUT2D eigenvalue weighted by Gasteiger charge is -1.95. The van der Waals surface area contributed by atoms with Gasteiger partial charge in [-0.15, -0.1) is 24.0 Å². The van der Waals surface area contributed by atoms with E-state index in [1.165, 1.54) is 6.42 Å². The van der Waals surface area contributed by atoms with E-state index in [2.05, 4.69) is 18.8 Å². The number of rotatable bonds is 4. The lowest BCUT2D eigenvalue weighted by molar-refractivity contribution is 0.809. The van der Waals surface area contributed by atoms with E-state index in [1.54, 1.807) is 11.8 Å². The second kappa shape index (κ2) is 10.6. The summed E-state index contributed by atoms with van der Waals surface area (Å²) in [7, 11) is 0. The number of halogens is 1. The molecule has 0 rings (SSSR count). The van der Waals surface area contributed by atoms with Crippen molar-refractivity contribution in [2.75, 3.05) is 12.3 Å². The first-order valence-electron chi connectivity index (χ1n) is 3.74. The molecule has 4 heteroatoms. The van der Waals surface area contributed by atoms with Crippen molar-refractivity contribution in [3.63, 3.8) is 0 Å². The van der Waals surface area contributed by atoms with Gasteiger partial charge in [0.25, 0.3) is 0 Å². The normalized spacial score (nSPS) is 10.9. The van der Waals surface area contributed by atoms with Gasteiger partial charge in [0.2, 0.25) is 0 Å². The molecular formula is C7H17IN2S. The Morgan fingerprint density at radius 2 is 2.09 bits per heavy atom. The zero-order valence-electron chi connectivity index (χ0n) is 7.17. The number of nitrogens with two attached hydrogens (primary N) is 1. The average Bonchev–Trinajstić information content (AvgIpc) is 1.89.